The molecule has 0 bridgehead atoms. The van der Waals surface area contributed by atoms with E-state index >= 15 is 0 Å². The van der Waals surface area contributed by atoms with E-state index in [2.05, 4.69) is 17.0 Å². The van der Waals surface area contributed by atoms with Crippen molar-refractivity contribution in [3.8, 4) is 11.8 Å². The molecule has 0 N–H and O–H groups in total. The summed E-state index contributed by atoms with van der Waals surface area (Å²) in [5, 5.41) is 9.96. The quantitative estimate of drug-likeness (QED) is 0.851. The van der Waals surface area contributed by atoms with Gasteiger partial charge in [0.2, 0.25) is 0 Å². The molecule has 0 aliphatic carbocycles. The Kier molecular flexibility index (Phi) is 4.22. The van der Waals surface area contributed by atoms with Gasteiger partial charge in [-0.05, 0) is 36.2 Å². The van der Waals surface area contributed by atoms with Gasteiger partial charge in [-0.15, -0.1) is 0 Å². The standard InChI is InChI=1S/C18H17ClN2O/c1-22-18-5-3-2-4-16(18)14-8-9-21(12-14)17-10-15(19)7-6-13(17)11-20/h2-7,10,14H,8-9,12H2,1H3. The van der Waals surface area contributed by atoms with Crippen LogP contribution in [-0.4, -0.2) is 20.2 Å². The molecule has 2 aromatic carbocycles. The van der Waals surface area contributed by atoms with Crippen LogP contribution in [0.1, 0.15) is 23.5 Å². The molecule has 0 amide bonds. The van der Waals surface area contributed by atoms with Crippen LogP contribution in [0.2, 0.25) is 5.02 Å². The lowest BCUT2D eigenvalue weighted by Crippen LogP contribution is -2.20. The normalized spacial score (nSPS) is 17.3. The fraction of sp³-hybridized carbons (Fsp3) is 0.278. The lowest BCUT2D eigenvalue weighted by atomic mass is 9.97. The summed E-state index contributed by atoms with van der Waals surface area (Å²) < 4.78 is 5.47. The molecule has 22 heavy (non-hydrogen) atoms. The van der Waals surface area contributed by atoms with Crippen molar-refractivity contribution in [1.29, 1.82) is 5.26 Å². The molecule has 0 spiro atoms. The molecule has 2 aromatic rings. The van der Waals surface area contributed by atoms with Gasteiger partial charge < -0.3 is 9.64 Å². The summed E-state index contributed by atoms with van der Waals surface area (Å²) in [6.07, 6.45) is 1.04. The minimum atomic E-state index is 0.404. The average molecular weight is 313 g/mol. The predicted molar refractivity (Wildman–Crippen MR) is 88.7 cm³/mol. The lowest BCUT2D eigenvalue weighted by molar-refractivity contribution is 0.406. The largest absolute Gasteiger partial charge is 0.496 e. The first-order valence-corrected chi connectivity index (χ1v) is 7.68. The van der Waals surface area contributed by atoms with E-state index in [0.29, 0.717) is 16.5 Å². The lowest BCUT2D eigenvalue weighted by Gasteiger charge is -2.21. The number of para-hydroxylation sites is 1. The van der Waals surface area contributed by atoms with Crippen LogP contribution in [0.15, 0.2) is 42.5 Å². The highest BCUT2D eigenvalue weighted by Crippen LogP contribution is 2.36. The van der Waals surface area contributed by atoms with Crippen molar-refractivity contribution in [3.05, 3.63) is 58.6 Å². The molecule has 1 fully saturated rings. The van der Waals surface area contributed by atoms with Crippen molar-refractivity contribution >= 4 is 17.3 Å². The van der Waals surface area contributed by atoms with Crippen molar-refractivity contribution in [3.63, 3.8) is 0 Å². The smallest absolute Gasteiger partial charge is 0.122 e. The molecule has 0 aromatic heterocycles. The fourth-order valence-corrected chi connectivity index (χ4v) is 3.26. The zero-order valence-electron chi connectivity index (χ0n) is 12.4. The Morgan fingerprint density at radius 2 is 2.09 bits per heavy atom. The van der Waals surface area contributed by atoms with Crippen LogP contribution < -0.4 is 9.64 Å². The maximum absolute atomic E-state index is 9.30. The summed E-state index contributed by atoms with van der Waals surface area (Å²) in [4.78, 5) is 2.24. The molecular weight excluding hydrogens is 296 g/mol. The second kappa shape index (κ2) is 6.29. The van der Waals surface area contributed by atoms with Gasteiger partial charge in [-0.3, -0.25) is 0 Å². The number of hydrogen-bond acceptors (Lipinski definition) is 3. The van der Waals surface area contributed by atoms with Gasteiger partial charge in [0.1, 0.15) is 11.8 Å². The zero-order valence-corrected chi connectivity index (χ0v) is 13.2. The van der Waals surface area contributed by atoms with Gasteiger partial charge in [0.25, 0.3) is 0 Å². The minimum Gasteiger partial charge on any atom is -0.496 e. The van der Waals surface area contributed by atoms with E-state index in [9.17, 15) is 5.26 Å². The van der Waals surface area contributed by atoms with E-state index in [1.54, 1.807) is 19.2 Å². The van der Waals surface area contributed by atoms with Crippen LogP contribution in [0, 0.1) is 11.3 Å². The highest BCUT2D eigenvalue weighted by Gasteiger charge is 2.27. The van der Waals surface area contributed by atoms with E-state index < -0.39 is 0 Å². The zero-order chi connectivity index (χ0) is 15.5. The van der Waals surface area contributed by atoms with Gasteiger partial charge in [0.05, 0.1) is 18.4 Å². The van der Waals surface area contributed by atoms with Gasteiger partial charge in [-0.25, -0.2) is 0 Å². The molecule has 3 rings (SSSR count). The molecule has 1 unspecified atom stereocenters. The molecule has 1 saturated heterocycles. The maximum Gasteiger partial charge on any atom is 0.122 e. The topological polar surface area (TPSA) is 36.3 Å². The van der Waals surface area contributed by atoms with Crippen molar-refractivity contribution < 1.29 is 4.74 Å². The second-order valence-corrected chi connectivity index (χ2v) is 5.88. The molecule has 3 nitrogen and oxygen atoms in total. The predicted octanol–water partition coefficient (Wildman–Crippen LogP) is 4.21. The molecule has 1 heterocycles. The average Bonchev–Trinajstić information content (AvgIpc) is 3.04. The van der Waals surface area contributed by atoms with Crippen LogP contribution >= 0.6 is 11.6 Å². The first-order chi connectivity index (χ1) is 10.7. The Morgan fingerprint density at radius 3 is 2.86 bits per heavy atom. The SMILES string of the molecule is COc1ccccc1C1CCN(c2cc(Cl)ccc2C#N)C1. The molecule has 1 atom stereocenters. The summed E-state index contributed by atoms with van der Waals surface area (Å²) in [5.41, 5.74) is 2.82. The third-order valence-corrected chi connectivity index (χ3v) is 4.42. The maximum atomic E-state index is 9.30. The van der Waals surface area contributed by atoms with Crippen LogP contribution in [0.3, 0.4) is 0 Å². The molecule has 0 saturated carbocycles. The Morgan fingerprint density at radius 1 is 1.27 bits per heavy atom. The number of hydrogen-bond donors (Lipinski definition) is 0. The highest BCUT2D eigenvalue weighted by atomic mass is 35.5. The third-order valence-electron chi connectivity index (χ3n) is 4.19. The minimum absolute atomic E-state index is 0.404. The molecule has 0 radical (unpaired) electrons. The van der Waals surface area contributed by atoms with Gasteiger partial charge in [-0.2, -0.15) is 5.26 Å². The number of ether oxygens (including phenoxy) is 1. The number of rotatable bonds is 3. The Balaban J connectivity index is 1.87. The Hall–Kier alpha value is -2.18. The number of halogens is 1. The molecule has 4 heteroatoms. The highest BCUT2D eigenvalue weighted by molar-refractivity contribution is 6.30. The van der Waals surface area contributed by atoms with E-state index in [4.69, 9.17) is 16.3 Å². The first kappa shape index (κ1) is 14.7. The molecule has 112 valence electrons. The number of nitriles is 1. The van der Waals surface area contributed by atoms with Crippen molar-refractivity contribution in [2.24, 2.45) is 0 Å². The summed E-state index contributed by atoms with van der Waals surface area (Å²) in [6, 6.07) is 15.8. The van der Waals surface area contributed by atoms with Gasteiger partial charge >= 0.3 is 0 Å². The Labute approximate surface area is 135 Å². The first-order valence-electron chi connectivity index (χ1n) is 7.30. The third kappa shape index (κ3) is 2.75. The molecule has 1 aliphatic heterocycles. The number of benzene rings is 2. The van der Waals surface area contributed by atoms with Crippen LogP contribution in [0.25, 0.3) is 0 Å². The van der Waals surface area contributed by atoms with Gasteiger partial charge in [0.15, 0.2) is 0 Å². The summed E-state index contributed by atoms with van der Waals surface area (Å²) in [7, 11) is 1.70. The van der Waals surface area contributed by atoms with E-state index in [0.717, 1.165) is 30.9 Å². The van der Waals surface area contributed by atoms with Gasteiger partial charge in [-0.1, -0.05) is 29.8 Å². The summed E-state index contributed by atoms with van der Waals surface area (Å²) >= 11 is 6.10. The van der Waals surface area contributed by atoms with Crippen molar-refractivity contribution in [2.45, 2.75) is 12.3 Å². The summed E-state index contributed by atoms with van der Waals surface area (Å²) in [6.45, 7) is 1.78. The van der Waals surface area contributed by atoms with E-state index in [-0.39, 0.29) is 0 Å². The van der Waals surface area contributed by atoms with Gasteiger partial charge in [0, 0.05) is 24.0 Å². The van der Waals surface area contributed by atoms with E-state index in [1.165, 1.54) is 5.56 Å². The van der Waals surface area contributed by atoms with Crippen LogP contribution in [0.5, 0.6) is 5.75 Å². The van der Waals surface area contributed by atoms with Crippen molar-refractivity contribution in [1.82, 2.24) is 0 Å². The van der Waals surface area contributed by atoms with E-state index in [1.807, 2.05) is 24.3 Å². The van der Waals surface area contributed by atoms with Crippen molar-refractivity contribution in [2.75, 3.05) is 25.1 Å². The number of anilines is 1. The molecule has 1 aliphatic rings. The molecular formula is C18H17ClN2O. The van der Waals surface area contributed by atoms with Crippen LogP contribution in [-0.2, 0) is 0 Å². The monoisotopic (exact) mass is 312 g/mol. The fourth-order valence-electron chi connectivity index (χ4n) is 3.10. The second-order valence-electron chi connectivity index (χ2n) is 5.45. The number of nitrogens with zero attached hydrogens (tertiary/aromatic N) is 2. The summed E-state index contributed by atoms with van der Waals surface area (Å²) in [5.74, 6) is 1.34. The number of methoxy groups -OCH3 is 1. The Bertz CT molecular complexity index is 723. The van der Waals surface area contributed by atoms with Crippen LogP contribution in [0.4, 0.5) is 5.69 Å².